The fraction of sp³-hybridized carbons (Fsp3) is 0.533. The molecule has 0 aliphatic heterocycles. The fourth-order valence-corrected chi connectivity index (χ4v) is 2.83. The summed E-state index contributed by atoms with van der Waals surface area (Å²) < 4.78 is 5.12. The summed E-state index contributed by atoms with van der Waals surface area (Å²) in [6, 6.07) is 5.09. The minimum atomic E-state index is -0.696. The molecule has 0 amide bonds. The summed E-state index contributed by atoms with van der Waals surface area (Å²) in [5, 5.41) is 22.1. The number of nitrogens with one attached hydrogen (secondary N) is 1. The van der Waals surface area contributed by atoms with Crippen LogP contribution in [0.3, 0.4) is 0 Å². The summed E-state index contributed by atoms with van der Waals surface area (Å²) in [5.41, 5.74) is 0.759. The molecule has 2 unspecified atom stereocenters. The first-order chi connectivity index (χ1) is 9.61. The van der Waals surface area contributed by atoms with Crippen LogP contribution in [0, 0.1) is 11.8 Å². The first kappa shape index (κ1) is 14.7. The van der Waals surface area contributed by atoms with Gasteiger partial charge in [0.2, 0.25) is 0 Å². The molecule has 110 valence electrons. The van der Waals surface area contributed by atoms with E-state index in [1.165, 1.54) is 0 Å². The van der Waals surface area contributed by atoms with E-state index in [1.807, 2.05) is 0 Å². The van der Waals surface area contributed by atoms with Crippen LogP contribution in [-0.4, -0.2) is 29.8 Å². The number of hydrogen-bond donors (Lipinski definition) is 3. The molecule has 1 aromatic carbocycles. The van der Waals surface area contributed by atoms with Gasteiger partial charge in [0, 0.05) is 12.1 Å². The third kappa shape index (κ3) is 3.42. The van der Waals surface area contributed by atoms with Crippen LogP contribution >= 0.6 is 0 Å². The van der Waals surface area contributed by atoms with Gasteiger partial charge in [0.05, 0.1) is 13.0 Å². The number of benzene rings is 1. The maximum absolute atomic E-state index is 11.1. The van der Waals surface area contributed by atoms with Gasteiger partial charge in [0.25, 0.3) is 0 Å². The number of hydrogen-bond acceptors (Lipinski definition) is 4. The highest BCUT2D eigenvalue weighted by molar-refractivity contribution is 5.70. The Hall–Kier alpha value is -1.75. The summed E-state index contributed by atoms with van der Waals surface area (Å²) in [5.74, 6) is 0.170. The largest absolute Gasteiger partial charge is 0.508 e. The molecular formula is C15H21NO4. The quantitative estimate of drug-likeness (QED) is 0.742. The Balaban J connectivity index is 1.88. The van der Waals surface area contributed by atoms with Crippen molar-refractivity contribution in [1.29, 1.82) is 0 Å². The maximum Gasteiger partial charge on any atom is 0.306 e. The number of aromatic hydroxyl groups is 1. The van der Waals surface area contributed by atoms with Crippen LogP contribution in [0.1, 0.15) is 24.8 Å². The number of phenolic OH excluding ortho intramolecular Hbond substituents is 1. The van der Waals surface area contributed by atoms with E-state index in [2.05, 4.69) is 5.32 Å². The Morgan fingerprint density at radius 1 is 1.45 bits per heavy atom. The molecule has 1 aliphatic rings. The molecular weight excluding hydrogens is 258 g/mol. The van der Waals surface area contributed by atoms with Crippen LogP contribution in [0.4, 0.5) is 0 Å². The molecule has 0 radical (unpaired) electrons. The number of phenols is 1. The predicted molar refractivity (Wildman–Crippen MR) is 74.8 cm³/mol. The van der Waals surface area contributed by atoms with Gasteiger partial charge in [0.1, 0.15) is 11.5 Å². The average Bonchev–Trinajstić information content (AvgIpc) is 2.89. The number of ether oxygens (including phenoxy) is 1. The van der Waals surface area contributed by atoms with Gasteiger partial charge in [0.15, 0.2) is 0 Å². The standard InChI is InChI=1S/C15H21NO4/c1-20-12-5-6-14(17)11(7-12)9-16-8-10-3-2-4-13(10)15(18)19/h5-7,10,13,16-17H,2-4,8-9H2,1H3,(H,18,19). The van der Waals surface area contributed by atoms with Crippen molar-refractivity contribution >= 4 is 5.97 Å². The summed E-state index contributed by atoms with van der Waals surface area (Å²) in [6.45, 7) is 1.17. The Morgan fingerprint density at radius 2 is 2.25 bits per heavy atom. The van der Waals surface area contributed by atoms with Crippen LogP contribution in [-0.2, 0) is 11.3 Å². The lowest BCUT2D eigenvalue weighted by molar-refractivity contribution is -0.142. The molecule has 1 fully saturated rings. The van der Waals surface area contributed by atoms with Crippen molar-refractivity contribution in [3.05, 3.63) is 23.8 Å². The Morgan fingerprint density at radius 3 is 2.95 bits per heavy atom. The van der Waals surface area contributed by atoms with Gasteiger partial charge in [-0.05, 0) is 43.5 Å². The normalized spacial score (nSPS) is 21.9. The molecule has 5 heteroatoms. The average molecular weight is 279 g/mol. The van der Waals surface area contributed by atoms with Crippen LogP contribution in [0.25, 0.3) is 0 Å². The molecule has 1 aliphatic carbocycles. The number of carboxylic acids is 1. The lowest BCUT2D eigenvalue weighted by atomic mass is 9.96. The molecule has 2 atom stereocenters. The van der Waals surface area contributed by atoms with Crippen molar-refractivity contribution in [3.8, 4) is 11.5 Å². The minimum absolute atomic E-state index is 0.181. The monoisotopic (exact) mass is 279 g/mol. The number of carboxylic acid groups (broad SMARTS) is 1. The summed E-state index contributed by atoms with van der Waals surface area (Å²) in [6.07, 6.45) is 2.70. The van der Waals surface area contributed by atoms with Crippen LogP contribution < -0.4 is 10.1 Å². The van der Waals surface area contributed by atoms with E-state index < -0.39 is 5.97 Å². The number of aliphatic carboxylic acids is 1. The molecule has 5 nitrogen and oxygen atoms in total. The zero-order chi connectivity index (χ0) is 14.5. The van der Waals surface area contributed by atoms with Crippen molar-refractivity contribution < 1.29 is 19.7 Å². The Kier molecular flexibility index (Phi) is 4.84. The highest BCUT2D eigenvalue weighted by Gasteiger charge is 2.32. The maximum atomic E-state index is 11.1. The molecule has 0 aromatic heterocycles. The predicted octanol–water partition coefficient (Wildman–Crippen LogP) is 1.99. The van der Waals surface area contributed by atoms with Crippen molar-refractivity contribution in [2.75, 3.05) is 13.7 Å². The third-order valence-corrected chi connectivity index (χ3v) is 3.98. The van der Waals surface area contributed by atoms with Crippen molar-refractivity contribution in [1.82, 2.24) is 5.32 Å². The third-order valence-electron chi connectivity index (χ3n) is 3.98. The highest BCUT2D eigenvalue weighted by atomic mass is 16.5. The second-order valence-electron chi connectivity index (χ2n) is 5.26. The summed E-state index contributed by atoms with van der Waals surface area (Å²) in [4.78, 5) is 11.1. The first-order valence-electron chi connectivity index (χ1n) is 6.91. The molecule has 1 aromatic rings. The number of rotatable bonds is 6. The second kappa shape index (κ2) is 6.61. The highest BCUT2D eigenvalue weighted by Crippen LogP contribution is 2.31. The van der Waals surface area contributed by atoms with E-state index in [0.717, 1.165) is 24.8 Å². The van der Waals surface area contributed by atoms with Gasteiger partial charge in [-0.2, -0.15) is 0 Å². The van der Waals surface area contributed by atoms with Gasteiger partial charge in [-0.15, -0.1) is 0 Å². The van der Waals surface area contributed by atoms with Gasteiger partial charge in [-0.1, -0.05) is 6.42 Å². The molecule has 2 rings (SSSR count). The first-order valence-corrected chi connectivity index (χ1v) is 6.91. The molecule has 0 spiro atoms. The van der Waals surface area contributed by atoms with Crippen LogP contribution in [0.15, 0.2) is 18.2 Å². The molecule has 0 saturated heterocycles. The second-order valence-corrected chi connectivity index (χ2v) is 5.26. The van der Waals surface area contributed by atoms with Crippen LogP contribution in [0.2, 0.25) is 0 Å². The van der Waals surface area contributed by atoms with Gasteiger partial charge >= 0.3 is 5.97 Å². The van der Waals surface area contributed by atoms with E-state index in [-0.39, 0.29) is 17.6 Å². The van der Waals surface area contributed by atoms with E-state index in [4.69, 9.17) is 9.84 Å². The topological polar surface area (TPSA) is 78.8 Å². The van der Waals surface area contributed by atoms with E-state index in [1.54, 1.807) is 25.3 Å². The summed E-state index contributed by atoms with van der Waals surface area (Å²) >= 11 is 0. The van der Waals surface area contributed by atoms with E-state index in [9.17, 15) is 9.90 Å². The van der Waals surface area contributed by atoms with Crippen molar-refractivity contribution in [2.45, 2.75) is 25.8 Å². The Bertz CT molecular complexity index is 475. The molecule has 1 saturated carbocycles. The molecule has 3 N–H and O–H groups in total. The van der Waals surface area contributed by atoms with Gasteiger partial charge in [-0.3, -0.25) is 4.79 Å². The Labute approximate surface area is 118 Å². The SMILES string of the molecule is COc1ccc(O)c(CNCC2CCCC2C(=O)O)c1. The van der Waals surface area contributed by atoms with E-state index in [0.29, 0.717) is 18.8 Å². The molecule has 0 heterocycles. The zero-order valence-electron chi connectivity index (χ0n) is 11.6. The van der Waals surface area contributed by atoms with Crippen molar-refractivity contribution in [3.63, 3.8) is 0 Å². The lowest BCUT2D eigenvalue weighted by Crippen LogP contribution is -2.28. The lowest BCUT2D eigenvalue weighted by Gasteiger charge is -2.16. The van der Waals surface area contributed by atoms with Crippen LogP contribution in [0.5, 0.6) is 11.5 Å². The number of carbonyl (C=O) groups is 1. The molecule has 0 bridgehead atoms. The minimum Gasteiger partial charge on any atom is -0.508 e. The number of methoxy groups -OCH3 is 1. The zero-order valence-corrected chi connectivity index (χ0v) is 11.6. The fourth-order valence-electron chi connectivity index (χ4n) is 2.83. The van der Waals surface area contributed by atoms with E-state index >= 15 is 0 Å². The molecule has 20 heavy (non-hydrogen) atoms. The van der Waals surface area contributed by atoms with Gasteiger partial charge < -0.3 is 20.3 Å². The van der Waals surface area contributed by atoms with Gasteiger partial charge in [-0.25, -0.2) is 0 Å². The van der Waals surface area contributed by atoms with Crippen molar-refractivity contribution in [2.24, 2.45) is 11.8 Å². The smallest absolute Gasteiger partial charge is 0.306 e. The summed E-state index contributed by atoms with van der Waals surface area (Å²) in [7, 11) is 1.58.